The molecule has 0 amide bonds. The summed E-state index contributed by atoms with van der Waals surface area (Å²) in [4.78, 5) is 0. The molecule has 4 nitrogen and oxygen atoms in total. The zero-order chi connectivity index (χ0) is 12.7. The first-order valence-electron chi connectivity index (χ1n) is 6.13. The smallest absolute Gasteiger partial charge is 0.131 e. The van der Waals surface area contributed by atoms with Crippen molar-refractivity contribution in [3.05, 3.63) is 16.4 Å². The van der Waals surface area contributed by atoms with Crippen LogP contribution in [0.25, 0.3) is 0 Å². The molecular formula is C12H22ClN3O. The lowest BCUT2D eigenvalue weighted by atomic mass is 10.2. The van der Waals surface area contributed by atoms with Crippen molar-refractivity contribution in [3.8, 4) is 0 Å². The number of hydrogen-bond donors (Lipinski definition) is 1. The maximum absolute atomic E-state index is 6.13. The Hall–Kier alpha value is -0.580. The molecule has 1 aromatic heterocycles. The Morgan fingerprint density at radius 1 is 1.41 bits per heavy atom. The van der Waals surface area contributed by atoms with Gasteiger partial charge in [0.2, 0.25) is 0 Å². The molecule has 1 N–H and O–H groups in total. The van der Waals surface area contributed by atoms with Gasteiger partial charge in [-0.2, -0.15) is 5.10 Å². The van der Waals surface area contributed by atoms with Gasteiger partial charge in [0.1, 0.15) is 5.15 Å². The van der Waals surface area contributed by atoms with Crippen molar-refractivity contribution in [2.75, 3.05) is 19.8 Å². The Kier molecular flexibility index (Phi) is 6.55. The second-order valence-corrected chi connectivity index (χ2v) is 4.48. The molecule has 0 fully saturated rings. The predicted molar refractivity (Wildman–Crippen MR) is 70.4 cm³/mol. The highest BCUT2D eigenvalue weighted by Crippen LogP contribution is 2.17. The van der Waals surface area contributed by atoms with Gasteiger partial charge in [0.15, 0.2) is 0 Å². The summed E-state index contributed by atoms with van der Waals surface area (Å²) in [5, 5.41) is 8.35. The van der Waals surface area contributed by atoms with Gasteiger partial charge in [-0.05, 0) is 26.3 Å². The second kappa shape index (κ2) is 7.69. The molecule has 0 aliphatic heterocycles. The zero-order valence-electron chi connectivity index (χ0n) is 10.9. The van der Waals surface area contributed by atoms with Gasteiger partial charge in [0.05, 0.1) is 5.69 Å². The van der Waals surface area contributed by atoms with Crippen LogP contribution in [-0.2, 0) is 18.3 Å². The third-order valence-electron chi connectivity index (χ3n) is 2.56. The van der Waals surface area contributed by atoms with Gasteiger partial charge in [-0.15, -0.1) is 0 Å². The van der Waals surface area contributed by atoms with Gasteiger partial charge in [0, 0.05) is 32.4 Å². The van der Waals surface area contributed by atoms with Crippen LogP contribution in [0, 0.1) is 6.92 Å². The van der Waals surface area contributed by atoms with Crippen LogP contribution in [-0.4, -0.2) is 29.5 Å². The van der Waals surface area contributed by atoms with Crippen molar-refractivity contribution in [1.29, 1.82) is 0 Å². The number of nitrogens with one attached hydrogen (secondary N) is 1. The van der Waals surface area contributed by atoms with E-state index >= 15 is 0 Å². The summed E-state index contributed by atoms with van der Waals surface area (Å²) in [5.41, 5.74) is 2.08. The lowest BCUT2D eigenvalue weighted by Crippen LogP contribution is -2.17. The number of hydrogen-bond acceptors (Lipinski definition) is 3. The predicted octanol–water partition coefficient (Wildman–Crippen LogP) is 2.29. The normalized spacial score (nSPS) is 11.1. The van der Waals surface area contributed by atoms with Crippen LogP contribution in [0.4, 0.5) is 0 Å². The van der Waals surface area contributed by atoms with E-state index in [0.717, 1.165) is 55.6 Å². The third-order valence-corrected chi connectivity index (χ3v) is 3.04. The molecule has 5 heteroatoms. The molecule has 1 aromatic rings. The molecule has 0 unspecified atom stereocenters. The van der Waals surface area contributed by atoms with Crippen molar-refractivity contribution in [2.45, 2.75) is 33.2 Å². The topological polar surface area (TPSA) is 39.1 Å². The fraction of sp³-hybridized carbons (Fsp3) is 0.750. The van der Waals surface area contributed by atoms with Gasteiger partial charge < -0.3 is 10.1 Å². The van der Waals surface area contributed by atoms with E-state index in [9.17, 15) is 0 Å². The first kappa shape index (κ1) is 14.5. The summed E-state index contributed by atoms with van der Waals surface area (Å²) < 4.78 is 7.11. The molecule has 0 atom stereocenters. The van der Waals surface area contributed by atoms with Crippen LogP contribution in [0.2, 0.25) is 5.15 Å². The van der Waals surface area contributed by atoms with E-state index in [4.69, 9.17) is 16.3 Å². The van der Waals surface area contributed by atoms with Crippen molar-refractivity contribution in [2.24, 2.45) is 7.05 Å². The molecule has 98 valence electrons. The highest BCUT2D eigenvalue weighted by molar-refractivity contribution is 6.30. The summed E-state index contributed by atoms with van der Waals surface area (Å²) in [6, 6.07) is 0. The fourth-order valence-electron chi connectivity index (χ4n) is 1.63. The van der Waals surface area contributed by atoms with Crippen LogP contribution in [0.3, 0.4) is 0 Å². The second-order valence-electron chi connectivity index (χ2n) is 4.12. The van der Waals surface area contributed by atoms with Gasteiger partial charge >= 0.3 is 0 Å². The molecule has 1 heterocycles. The largest absolute Gasteiger partial charge is 0.381 e. The molecule has 0 aliphatic rings. The quantitative estimate of drug-likeness (QED) is 0.728. The SMILES string of the molecule is CCCOCCCNCc1c(C)nn(C)c1Cl. The van der Waals surface area contributed by atoms with E-state index in [1.807, 2.05) is 14.0 Å². The minimum atomic E-state index is 0.720. The van der Waals surface area contributed by atoms with Crippen LogP contribution >= 0.6 is 11.6 Å². The first-order chi connectivity index (χ1) is 8.16. The van der Waals surface area contributed by atoms with Crippen molar-refractivity contribution in [3.63, 3.8) is 0 Å². The molecule has 1 rings (SSSR count). The summed E-state index contributed by atoms with van der Waals surface area (Å²) >= 11 is 6.13. The van der Waals surface area contributed by atoms with Crippen molar-refractivity contribution < 1.29 is 4.74 Å². The Labute approximate surface area is 108 Å². The molecule has 0 aliphatic carbocycles. The minimum Gasteiger partial charge on any atom is -0.381 e. The molecule has 0 spiro atoms. The molecule has 0 aromatic carbocycles. The van der Waals surface area contributed by atoms with Gasteiger partial charge in [0.25, 0.3) is 0 Å². The van der Waals surface area contributed by atoms with Crippen molar-refractivity contribution in [1.82, 2.24) is 15.1 Å². The Bertz CT molecular complexity index is 339. The van der Waals surface area contributed by atoms with E-state index in [-0.39, 0.29) is 0 Å². The van der Waals surface area contributed by atoms with Crippen LogP contribution in [0.1, 0.15) is 31.0 Å². The van der Waals surface area contributed by atoms with E-state index in [1.54, 1.807) is 4.68 Å². The van der Waals surface area contributed by atoms with Crippen LogP contribution < -0.4 is 5.32 Å². The lowest BCUT2D eigenvalue weighted by molar-refractivity contribution is 0.132. The molecule has 0 saturated heterocycles. The van der Waals surface area contributed by atoms with E-state index in [0.29, 0.717) is 0 Å². The number of halogens is 1. The zero-order valence-corrected chi connectivity index (χ0v) is 11.7. The highest BCUT2D eigenvalue weighted by Gasteiger charge is 2.09. The van der Waals surface area contributed by atoms with Gasteiger partial charge in [-0.1, -0.05) is 18.5 Å². The Morgan fingerprint density at radius 3 is 2.76 bits per heavy atom. The minimum absolute atomic E-state index is 0.720. The summed E-state index contributed by atoms with van der Waals surface area (Å²) in [7, 11) is 1.86. The summed E-state index contributed by atoms with van der Waals surface area (Å²) in [6.45, 7) is 7.48. The third kappa shape index (κ3) is 4.66. The van der Waals surface area contributed by atoms with Crippen LogP contribution in [0.5, 0.6) is 0 Å². The number of rotatable bonds is 8. The molecule has 0 bridgehead atoms. The standard InChI is InChI=1S/C12H22ClN3O/c1-4-7-17-8-5-6-14-9-11-10(2)15-16(3)12(11)13/h14H,4-9H2,1-3H3. The fourth-order valence-corrected chi connectivity index (χ4v) is 1.88. The monoisotopic (exact) mass is 259 g/mol. The summed E-state index contributed by atoms with van der Waals surface area (Å²) in [6.07, 6.45) is 2.11. The molecule has 0 radical (unpaired) electrons. The van der Waals surface area contributed by atoms with Gasteiger partial charge in [-0.3, -0.25) is 4.68 Å². The van der Waals surface area contributed by atoms with Gasteiger partial charge in [-0.25, -0.2) is 0 Å². The number of ether oxygens (including phenoxy) is 1. The average molecular weight is 260 g/mol. The van der Waals surface area contributed by atoms with E-state index in [2.05, 4.69) is 17.3 Å². The molecule has 0 saturated carbocycles. The number of aromatic nitrogens is 2. The van der Waals surface area contributed by atoms with E-state index in [1.165, 1.54) is 0 Å². The van der Waals surface area contributed by atoms with Crippen molar-refractivity contribution >= 4 is 11.6 Å². The lowest BCUT2D eigenvalue weighted by Gasteiger charge is -2.05. The maximum atomic E-state index is 6.13. The molecule has 17 heavy (non-hydrogen) atoms. The van der Waals surface area contributed by atoms with Crippen LogP contribution in [0.15, 0.2) is 0 Å². The Morgan fingerprint density at radius 2 is 2.18 bits per heavy atom. The Balaban J connectivity index is 2.18. The molecular weight excluding hydrogens is 238 g/mol. The highest BCUT2D eigenvalue weighted by atomic mass is 35.5. The first-order valence-corrected chi connectivity index (χ1v) is 6.51. The average Bonchev–Trinajstić information content (AvgIpc) is 2.54. The van der Waals surface area contributed by atoms with E-state index < -0.39 is 0 Å². The summed E-state index contributed by atoms with van der Waals surface area (Å²) in [5.74, 6) is 0. The number of aryl methyl sites for hydroxylation is 2. The maximum Gasteiger partial charge on any atom is 0.131 e. The number of nitrogens with zero attached hydrogens (tertiary/aromatic N) is 2.